The molecule has 0 amide bonds. The molecule has 0 aromatic heterocycles. The molecule has 0 aromatic rings. The first-order valence-corrected chi connectivity index (χ1v) is 5.86. The largest absolute Gasteiger partial charge is 0.385 e. The maximum absolute atomic E-state index is 5.42. The lowest BCUT2D eigenvalue weighted by Gasteiger charge is -2.26. The monoisotopic (exact) mass is 216 g/mol. The van der Waals surface area contributed by atoms with Crippen LogP contribution in [0.2, 0.25) is 0 Å². The van der Waals surface area contributed by atoms with E-state index in [9.17, 15) is 0 Å². The zero-order chi connectivity index (χ0) is 10.9. The van der Waals surface area contributed by atoms with Crippen LogP contribution in [-0.2, 0) is 9.47 Å². The highest BCUT2D eigenvalue weighted by molar-refractivity contribution is 4.75. The highest BCUT2D eigenvalue weighted by Crippen LogP contribution is 2.02. The predicted octanol–water partition coefficient (Wildman–Crippen LogP) is 0.380. The maximum Gasteiger partial charge on any atom is 0.0620 e. The van der Waals surface area contributed by atoms with Gasteiger partial charge in [-0.3, -0.25) is 0 Å². The van der Waals surface area contributed by atoms with Crippen molar-refractivity contribution in [2.24, 2.45) is 0 Å². The lowest BCUT2D eigenvalue weighted by atomic mass is 10.1. The van der Waals surface area contributed by atoms with Gasteiger partial charge in [0.25, 0.3) is 0 Å². The average molecular weight is 216 g/mol. The zero-order valence-electron chi connectivity index (χ0n) is 9.92. The van der Waals surface area contributed by atoms with Crippen molar-refractivity contribution in [1.29, 1.82) is 0 Å². The van der Waals surface area contributed by atoms with Crippen molar-refractivity contribution in [2.75, 3.05) is 40.0 Å². The molecule has 0 radical (unpaired) electrons. The molecule has 1 saturated heterocycles. The molecule has 15 heavy (non-hydrogen) atoms. The van der Waals surface area contributed by atoms with Crippen LogP contribution in [0.15, 0.2) is 0 Å². The first kappa shape index (κ1) is 12.9. The molecule has 1 heterocycles. The van der Waals surface area contributed by atoms with Crippen molar-refractivity contribution >= 4 is 0 Å². The summed E-state index contributed by atoms with van der Waals surface area (Å²) in [6, 6.07) is 1.06. The van der Waals surface area contributed by atoms with E-state index in [0.29, 0.717) is 12.1 Å². The Morgan fingerprint density at radius 2 is 2.47 bits per heavy atom. The summed E-state index contributed by atoms with van der Waals surface area (Å²) in [6.07, 6.45) is 2.21. The van der Waals surface area contributed by atoms with Gasteiger partial charge < -0.3 is 20.1 Å². The Bertz CT molecular complexity index is 150. The summed E-state index contributed by atoms with van der Waals surface area (Å²) in [5.41, 5.74) is 0. The molecule has 2 atom stereocenters. The van der Waals surface area contributed by atoms with E-state index in [2.05, 4.69) is 17.6 Å². The standard InChI is InChI=1S/C11H24N2O2/c1-10(12-4-3-6-14-2)8-11-9-15-7-5-13-11/h10-13H,3-9H2,1-2H3. The number of hydrogen-bond donors (Lipinski definition) is 2. The molecule has 4 nitrogen and oxygen atoms in total. The van der Waals surface area contributed by atoms with Crippen LogP contribution in [0.4, 0.5) is 0 Å². The number of nitrogens with one attached hydrogen (secondary N) is 2. The summed E-state index contributed by atoms with van der Waals surface area (Å²) in [5, 5.41) is 6.95. The molecule has 1 fully saturated rings. The number of ether oxygens (including phenoxy) is 2. The van der Waals surface area contributed by atoms with Crippen LogP contribution < -0.4 is 10.6 Å². The Kier molecular flexibility index (Phi) is 6.92. The van der Waals surface area contributed by atoms with E-state index < -0.39 is 0 Å². The molecule has 4 heteroatoms. The molecule has 0 aliphatic carbocycles. The van der Waals surface area contributed by atoms with Gasteiger partial charge in [0.15, 0.2) is 0 Å². The Morgan fingerprint density at radius 3 is 3.13 bits per heavy atom. The Morgan fingerprint density at radius 1 is 1.60 bits per heavy atom. The van der Waals surface area contributed by atoms with Crippen LogP contribution in [0.5, 0.6) is 0 Å². The molecule has 0 bridgehead atoms. The minimum Gasteiger partial charge on any atom is -0.385 e. The van der Waals surface area contributed by atoms with E-state index in [4.69, 9.17) is 9.47 Å². The van der Waals surface area contributed by atoms with Crippen LogP contribution in [0.25, 0.3) is 0 Å². The van der Waals surface area contributed by atoms with Crippen LogP contribution in [-0.4, -0.2) is 52.1 Å². The Labute approximate surface area is 92.7 Å². The molecule has 0 saturated carbocycles. The lowest BCUT2D eigenvalue weighted by Crippen LogP contribution is -2.45. The average Bonchev–Trinajstić information content (AvgIpc) is 2.26. The van der Waals surface area contributed by atoms with Crippen molar-refractivity contribution < 1.29 is 9.47 Å². The highest BCUT2D eigenvalue weighted by atomic mass is 16.5. The second-order valence-electron chi connectivity index (χ2n) is 4.16. The van der Waals surface area contributed by atoms with E-state index in [-0.39, 0.29) is 0 Å². The summed E-state index contributed by atoms with van der Waals surface area (Å²) >= 11 is 0. The summed E-state index contributed by atoms with van der Waals surface area (Å²) in [7, 11) is 1.74. The predicted molar refractivity (Wildman–Crippen MR) is 61.2 cm³/mol. The van der Waals surface area contributed by atoms with Gasteiger partial charge in [0.05, 0.1) is 13.2 Å². The molecule has 0 spiro atoms. The van der Waals surface area contributed by atoms with Gasteiger partial charge in [0.2, 0.25) is 0 Å². The van der Waals surface area contributed by atoms with Gasteiger partial charge in [-0.25, -0.2) is 0 Å². The third-order valence-electron chi connectivity index (χ3n) is 2.65. The SMILES string of the molecule is COCCCNC(C)CC1COCCN1. The molecular weight excluding hydrogens is 192 g/mol. The molecule has 1 aliphatic heterocycles. The Balaban J connectivity index is 1.98. The fourth-order valence-electron chi connectivity index (χ4n) is 1.85. The summed E-state index contributed by atoms with van der Waals surface area (Å²) in [5.74, 6) is 0. The van der Waals surface area contributed by atoms with Crippen LogP contribution in [0.1, 0.15) is 19.8 Å². The van der Waals surface area contributed by atoms with Crippen LogP contribution >= 0.6 is 0 Å². The van der Waals surface area contributed by atoms with E-state index in [1.165, 1.54) is 0 Å². The van der Waals surface area contributed by atoms with Gasteiger partial charge >= 0.3 is 0 Å². The normalized spacial score (nSPS) is 24.0. The maximum atomic E-state index is 5.42. The third kappa shape index (κ3) is 6.10. The first-order chi connectivity index (χ1) is 7.33. The number of rotatable bonds is 7. The lowest BCUT2D eigenvalue weighted by molar-refractivity contribution is 0.0711. The summed E-state index contributed by atoms with van der Waals surface area (Å²) in [4.78, 5) is 0. The van der Waals surface area contributed by atoms with Gasteiger partial charge in [-0.15, -0.1) is 0 Å². The van der Waals surface area contributed by atoms with Crippen LogP contribution in [0.3, 0.4) is 0 Å². The Hall–Kier alpha value is -0.160. The molecular formula is C11H24N2O2. The second kappa shape index (κ2) is 8.05. The van der Waals surface area contributed by atoms with E-state index in [1.54, 1.807) is 7.11 Å². The van der Waals surface area contributed by atoms with E-state index in [1.807, 2.05) is 0 Å². The van der Waals surface area contributed by atoms with E-state index in [0.717, 1.165) is 45.8 Å². The molecule has 90 valence electrons. The van der Waals surface area contributed by atoms with E-state index >= 15 is 0 Å². The third-order valence-corrected chi connectivity index (χ3v) is 2.65. The number of morpholine rings is 1. The van der Waals surface area contributed by atoms with Crippen molar-refractivity contribution in [3.05, 3.63) is 0 Å². The molecule has 2 unspecified atom stereocenters. The van der Waals surface area contributed by atoms with Gasteiger partial charge in [-0.05, 0) is 26.3 Å². The molecule has 0 aromatic carbocycles. The molecule has 2 N–H and O–H groups in total. The highest BCUT2D eigenvalue weighted by Gasteiger charge is 2.15. The molecule has 1 rings (SSSR count). The minimum absolute atomic E-state index is 0.517. The topological polar surface area (TPSA) is 42.5 Å². The number of methoxy groups -OCH3 is 1. The minimum atomic E-state index is 0.517. The van der Waals surface area contributed by atoms with Crippen molar-refractivity contribution in [2.45, 2.75) is 31.8 Å². The van der Waals surface area contributed by atoms with Crippen LogP contribution in [0, 0.1) is 0 Å². The van der Waals surface area contributed by atoms with Crippen molar-refractivity contribution in [3.8, 4) is 0 Å². The fourth-order valence-corrected chi connectivity index (χ4v) is 1.85. The zero-order valence-corrected chi connectivity index (χ0v) is 9.92. The van der Waals surface area contributed by atoms with Gasteiger partial charge in [-0.1, -0.05) is 0 Å². The van der Waals surface area contributed by atoms with Gasteiger partial charge in [-0.2, -0.15) is 0 Å². The summed E-state index contributed by atoms with van der Waals surface area (Å²) < 4.78 is 10.4. The smallest absolute Gasteiger partial charge is 0.0620 e. The van der Waals surface area contributed by atoms with Crippen molar-refractivity contribution in [1.82, 2.24) is 10.6 Å². The van der Waals surface area contributed by atoms with Gasteiger partial charge in [0.1, 0.15) is 0 Å². The number of hydrogen-bond acceptors (Lipinski definition) is 4. The fraction of sp³-hybridized carbons (Fsp3) is 1.00. The quantitative estimate of drug-likeness (QED) is 0.604. The van der Waals surface area contributed by atoms with Crippen molar-refractivity contribution in [3.63, 3.8) is 0 Å². The van der Waals surface area contributed by atoms with Gasteiger partial charge in [0, 0.05) is 32.3 Å². The second-order valence-corrected chi connectivity index (χ2v) is 4.16. The first-order valence-electron chi connectivity index (χ1n) is 5.86. The summed E-state index contributed by atoms with van der Waals surface area (Å²) in [6.45, 7) is 6.79. The molecule has 1 aliphatic rings.